The molecule has 1 aliphatic carbocycles. The van der Waals surface area contributed by atoms with E-state index in [2.05, 4.69) is 47.2 Å². The van der Waals surface area contributed by atoms with E-state index < -0.39 is 0 Å². The minimum atomic E-state index is 0.0558. The lowest BCUT2D eigenvalue weighted by Crippen LogP contribution is -2.42. The molecule has 25 heavy (non-hydrogen) atoms. The molecule has 1 aromatic heterocycles. The third-order valence-electron chi connectivity index (χ3n) is 5.18. The molecule has 2 aliphatic rings. The highest BCUT2D eigenvalue weighted by molar-refractivity contribution is 7.80. The Morgan fingerprint density at radius 2 is 1.88 bits per heavy atom. The topological polar surface area (TPSA) is 37.0 Å². The number of thiazole rings is 1. The molecule has 0 amide bonds. The number of hydrogen-bond donors (Lipinski definition) is 2. The van der Waals surface area contributed by atoms with Crippen molar-refractivity contribution in [2.75, 3.05) is 0 Å². The van der Waals surface area contributed by atoms with Gasteiger partial charge in [-0.3, -0.25) is 0 Å². The zero-order chi connectivity index (χ0) is 17.2. The van der Waals surface area contributed by atoms with Crippen molar-refractivity contribution in [3.8, 4) is 0 Å². The van der Waals surface area contributed by atoms with Gasteiger partial charge < -0.3 is 10.6 Å². The number of allylic oxidation sites excluding steroid dienone is 1. The summed E-state index contributed by atoms with van der Waals surface area (Å²) in [5.74, 6) is 0.639. The van der Waals surface area contributed by atoms with E-state index in [1.54, 1.807) is 11.3 Å². The lowest BCUT2D eigenvalue weighted by molar-refractivity contribution is 0.438. The number of benzene rings is 1. The van der Waals surface area contributed by atoms with Crippen LogP contribution >= 0.6 is 23.6 Å². The van der Waals surface area contributed by atoms with Gasteiger partial charge in [0.2, 0.25) is 0 Å². The molecule has 2 aromatic rings. The minimum Gasteiger partial charge on any atom is -0.351 e. The maximum atomic E-state index is 5.40. The van der Waals surface area contributed by atoms with E-state index in [9.17, 15) is 0 Å². The first kappa shape index (κ1) is 16.7. The molecule has 5 heteroatoms. The van der Waals surface area contributed by atoms with Crippen LogP contribution in [-0.2, 0) is 0 Å². The van der Waals surface area contributed by atoms with Crippen LogP contribution in [0, 0.1) is 0 Å². The second kappa shape index (κ2) is 7.26. The van der Waals surface area contributed by atoms with Crippen LogP contribution in [0.2, 0.25) is 0 Å². The molecule has 2 heterocycles. The van der Waals surface area contributed by atoms with Crippen molar-refractivity contribution in [1.29, 1.82) is 0 Å². The molecule has 130 valence electrons. The van der Waals surface area contributed by atoms with E-state index in [0.29, 0.717) is 11.0 Å². The molecule has 4 rings (SSSR count). The van der Waals surface area contributed by atoms with Crippen molar-refractivity contribution in [3.63, 3.8) is 0 Å². The molecule has 0 radical (unpaired) electrons. The molecule has 3 nitrogen and oxygen atoms in total. The van der Waals surface area contributed by atoms with Gasteiger partial charge in [-0.1, -0.05) is 49.6 Å². The van der Waals surface area contributed by atoms with Crippen molar-refractivity contribution >= 4 is 34.2 Å². The standard InChI is InChI=1S/C20H23N3S2/c1-13-17(18(23-20(24)21-13)15-10-6-3-7-11-15)19-22-16(12-25-19)14-8-4-2-5-9-14/h3,6-7,10-12,14,18H,2,4-5,8-9H2,1H3,(H2,21,23,24). The maximum absolute atomic E-state index is 5.40. The molecule has 1 unspecified atom stereocenters. The van der Waals surface area contributed by atoms with Crippen molar-refractivity contribution in [1.82, 2.24) is 15.6 Å². The van der Waals surface area contributed by atoms with Gasteiger partial charge >= 0.3 is 0 Å². The monoisotopic (exact) mass is 369 g/mol. The molecule has 2 N–H and O–H groups in total. The predicted molar refractivity (Wildman–Crippen MR) is 109 cm³/mol. The summed E-state index contributed by atoms with van der Waals surface area (Å²) in [6.45, 7) is 2.10. The minimum absolute atomic E-state index is 0.0558. The van der Waals surface area contributed by atoms with Gasteiger partial charge in [0.05, 0.1) is 11.7 Å². The SMILES string of the molecule is CC1=C(c2nc(C3CCCCC3)cs2)C(c2ccccc2)NC(=S)N1. The van der Waals surface area contributed by atoms with Crippen molar-refractivity contribution in [2.45, 2.75) is 51.0 Å². The molecule has 1 aromatic carbocycles. The van der Waals surface area contributed by atoms with Gasteiger partial charge in [-0.05, 0) is 37.5 Å². The lowest BCUT2D eigenvalue weighted by atomic mass is 9.87. The van der Waals surface area contributed by atoms with Gasteiger partial charge in [-0.25, -0.2) is 4.98 Å². The van der Waals surface area contributed by atoms with Crippen LogP contribution in [0.15, 0.2) is 41.4 Å². The average molecular weight is 370 g/mol. The second-order valence-corrected chi connectivity index (χ2v) is 8.16. The van der Waals surface area contributed by atoms with Crippen LogP contribution in [0.25, 0.3) is 5.57 Å². The molecule has 1 saturated carbocycles. The van der Waals surface area contributed by atoms with Crippen LogP contribution in [0.4, 0.5) is 0 Å². The quantitative estimate of drug-likeness (QED) is 0.735. The largest absolute Gasteiger partial charge is 0.351 e. The average Bonchev–Trinajstić information content (AvgIpc) is 3.12. The van der Waals surface area contributed by atoms with Gasteiger partial charge in [0, 0.05) is 22.6 Å². The Bertz CT molecular complexity index is 788. The normalized spacial score (nSPS) is 21.8. The van der Waals surface area contributed by atoms with Gasteiger partial charge in [0.25, 0.3) is 0 Å². The molecule has 0 saturated heterocycles. The second-order valence-electron chi connectivity index (χ2n) is 6.89. The first-order valence-electron chi connectivity index (χ1n) is 9.01. The van der Waals surface area contributed by atoms with Crippen molar-refractivity contribution < 1.29 is 0 Å². The highest BCUT2D eigenvalue weighted by Gasteiger charge is 2.28. The number of aromatic nitrogens is 1. The number of nitrogens with zero attached hydrogens (tertiary/aromatic N) is 1. The van der Waals surface area contributed by atoms with Crippen LogP contribution in [0.5, 0.6) is 0 Å². The summed E-state index contributed by atoms with van der Waals surface area (Å²) >= 11 is 7.16. The van der Waals surface area contributed by atoms with E-state index in [-0.39, 0.29) is 6.04 Å². The van der Waals surface area contributed by atoms with E-state index in [4.69, 9.17) is 17.2 Å². The van der Waals surface area contributed by atoms with Gasteiger partial charge in [-0.15, -0.1) is 11.3 Å². The smallest absolute Gasteiger partial charge is 0.171 e. The van der Waals surface area contributed by atoms with E-state index >= 15 is 0 Å². The number of rotatable bonds is 3. The molecule has 0 bridgehead atoms. The fraction of sp³-hybridized carbons (Fsp3) is 0.400. The zero-order valence-corrected chi connectivity index (χ0v) is 16.1. The molecule has 1 fully saturated rings. The summed E-state index contributed by atoms with van der Waals surface area (Å²) in [6, 6.07) is 10.5. The number of thiocarbonyl (C=S) groups is 1. The van der Waals surface area contributed by atoms with E-state index in [0.717, 1.165) is 10.7 Å². The molecule has 0 spiro atoms. The summed E-state index contributed by atoms with van der Waals surface area (Å²) in [4.78, 5) is 5.05. The van der Waals surface area contributed by atoms with Crippen LogP contribution in [-0.4, -0.2) is 10.1 Å². The van der Waals surface area contributed by atoms with Crippen molar-refractivity contribution in [2.24, 2.45) is 0 Å². The molecule has 1 aliphatic heterocycles. The van der Waals surface area contributed by atoms with Crippen LogP contribution in [0.3, 0.4) is 0 Å². The maximum Gasteiger partial charge on any atom is 0.171 e. The van der Waals surface area contributed by atoms with Gasteiger partial charge in [-0.2, -0.15) is 0 Å². The van der Waals surface area contributed by atoms with E-state index in [1.165, 1.54) is 48.9 Å². The van der Waals surface area contributed by atoms with Crippen LogP contribution < -0.4 is 10.6 Å². The summed E-state index contributed by atoms with van der Waals surface area (Å²) in [5, 5.41) is 10.8. The Morgan fingerprint density at radius 1 is 1.12 bits per heavy atom. The molecular formula is C20H23N3S2. The highest BCUT2D eigenvalue weighted by atomic mass is 32.1. The Morgan fingerprint density at radius 3 is 2.64 bits per heavy atom. The fourth-order valence-electron chi connectivity index (χ4n) is 3.87. The Labute approximate surface area is 158 Å². The third kappa shape index (κ3) is 3.48. The fourth-order valence-corrected chi connectivity index (χ4v) is 5.17. The first-order chi connectivity index (χ1) is 12.2. The number of nitrogens with one attached hydrogen (secondary N) is 2. The van der Waals surface area contributed by atoms with Gasteiger partial charge in [0.1, 0.15) is 5.01 Å². The number of hydrogen-bond acceptors (Lipinski definition) is 3. The molecular weight excluding hydrogens is 346 g/mol. The highest BCUT2D eigenvalue weighted by Crippen LogP contribution is 2.39. The summed E-state index contributed by atoms with van der Waals surface area (Å²) in [6.07, 6.45) is 6.61. The van der Waals surface area contributed by atoms with Crippen LogP contribution in [0.1, 0.15) is 67.3 Å². The van der Waals surface area contributed by atoms with Crippen molar-refractivity contribution in [3.05, 3.63) is 57.7 Å². The van der Waals surface area contributed by atoms with E-state index in [1.807, 2.05) is 6.07 Å². The molecule has 1 atom stereocenters. The lowest BCUT2D eigenvalue weighted by Gasteiger charge is -2.30. The summed E-state index contributed by atoms with van der Waals surface area (Å²) in [7, 11) is 0. The summed E-state index contributed by atoms with van der Waals surface area (Å²) in [5.41, 5.74) is 4.81. The summed E-state index contributed by atoms with van der Waals surface area (Å²) < 4.78 is 0. The Hall–Kier alpha value is -1.72. The first-order valence-corrected chi connectivity index (χ1v) is 10.3. The third-order valence-corrected chi connectivity index (χ3v) is 6.29. The van der Waals surface area contributed by atoms with Gasteiger partial charge in [0.15, 0.2) is 5.11 Å². The zero-order valence-electron chi connectivity index (χ0n) is 14.4. The predicted octanol–water partition coefficient (Wildman–Crippen LogP) is 5.14. The Balaban J connectivity index is 1.69. The Kier molecular flexibility index (Phi) is 4.86.